The van der Waals surface area contributed by atoms with E-state index in [0.29, 0.717) is 17.2 Å². The van der Waals surface area contributed by atoms with E-state index < -0.39 is 11.9 Å². The second-order valence-corrected chi connectivity index (χ2v) is 5.49. The van der Waals surface area contributed by atoms with Crippen LogP contribution in [0.15, 0.2) is 48.5 Å². The third-order valence-electron chi connectivity index (χ3n) is 4.22. The van der Waals surface area contributed by atoms with Crippen molar-refractivity contribution in [2.24, 2.45) is 5.92 Å². The van der Waals surface area contributed by atoms with E-state index in [1.807, 2.05) is 48.5 Å². The van der Waals surface area contributed by atoms with Crippen LogP contribution in [-0.4, -0.2) is 18.5 Å². The molecule has 0 aliphatic carbocycles. The highest BCUT2D eigenvalue weighted by atomic mass is 16.5. The first-order valence-electron chi connectivity index (χ1n) is 7.58. The lowest BCUT2D eigenvalue weighted by atomic mass is 9.81. The fourth-order valence-electron chi connectivity index (χ4n) is 3.22. The molecule has 2 atom stereocenters. The molecule has 5 heteroatoms. The Balaban J connectivity index is 1.86. The van der Waals surface area contributed by atoms with E-state index in [1.54, 1.807) is 11.8 Å². The predicted octanol–water partition coefficient (Wildman–Crippen LogP) is 3.06. The smallest absolute Gasteiger partial charge is 0.321 e. The van der Waals surface area contributed by atoms with Gasteiger partial charge in [0.25, 0.3) is 0 Å². The van der Waals surface area contributed by atoms with Gasteiger partial charge in [-0.25, -0.2) is 0 Å². The number of benzene rings is 2. The van der Waals surface area contributed by atoms with Crippen molar-refractivity contribution < 1.29 is 19.1 Å². The molecule has 5 nitrogen and oxygen atoms in total. The lowest BCUT2D eigenvalue weighted by molar-refractivity contribution is -0.157. The van der Waals surface area contributed by atoms with Crippen LogP contribution in [0.5, 0.6) is 11.5 Å². The zero-order chi connectivity index (χ0) is 16.0. The summed E-state index contributed by atoms with van der Waals surface area (Å²) in [6, 6.07) is 14.4. The van der Waals surface area contributed by atoms with Crippen LogP contribution < -0.4 is 9.64 Å². The number of ether oxygens (including phenoxy) is 2. The van der Waals surface area contributed by atoms with Crippen LogP contribution in [0, 0.1) is 5.92 Å². The number of β-lactam (4-membered cyclic amide) rings is 1. The Morgan fingerprint density at radius 2 is 1.83 bits per heavy atom. The highest BCUT2D eigenvalue weighted by Crippen LogP contribution is 2.52. The summed E-state index contributed by atoms with van der Waals surface area (Å²) in [6.07, 6.45) is 0. The number of fused-ring (bicyclic) bond motifs is 5. The minimum absolute atomic E-state index is 0.249. The van der Waals surface area contributed by atoms with Crippen molar-refractivity contribution in [3.63, 3.8) is 0 Å². The molecule has 2 aliphatic rings. The van der Waals surface area contributed by atoms with Gasteiger partial charge in [-0.3, -0.25) is 14.5 Å². The Bertz CT molecular complexity index is 801. The molecular formula is C18H15NO4. The van der Waals surface area contributed by atoms with E-state index in [1.165, 1.54) is 0 Å². The van der Waals surface area contributed by atoms with Crippen LogP contribution in [0.25, 0.3) is 0 Å². The van der Waals surface area contributed by atoms with Crippen molar-refractivity contribution in [3.8, 4) is 11.5 Å². The van der Waals surface area contributed by atoms with E-state index >= 15 is 0 Å². The average Bonchev–Trinajstić information content (AvgIpc) is 2.67. The number of carbonyl (C=O) groups is 2. The van der Waals surface area contributed by atoms with Gasteiger partial charge in [0, 0.05) is 5.56 Å². The summed E-state index contributed by atoms with van der Waals surface area (Å²) in [5.74, 6) is -0.271. The average molecular weight is 309 g/mol. The Labute approximate surface area is 133 Å². The van der Waals surface area contributed by atoms with Gasteiger partial charge in [-0.1, -0.05) is 30.3 Å². The number of carbonyl (C=O) groups excluding carboxylic acids is 2. The number of amides is 1. The minimum atomic E-state index is -0.814. The van der Waals surface area contributed by atoms with Gasteiger partial charge in [-0.15, -0.1) is 0 Å². The van der Waals surface area contributed by atoms with Gasteiger partial charge >= 0.3 is 5.97 Å². The molecule has 0 spiro atoms. The zero-order valence-corrected chi connectivity index (χ0v) is 12.6. The summed E-state index contributed by atoms with van der Waals surface area (Å²) in [7, 11) is 0. The molecule has 0 saturated carbocycles. The standard InChI is InChI=1S/C18H15NO4/c1-2-22-18(21)15-16-11-7-3-5-9-13(11)23-14-10-6-4-8-12(14)19(16)17(15)20/h3-10,15-16H,2H2,1H3/t15-,16-/m1/s1. The first-order valence-corrected chi connectivity index (χ1v) is 7.58. The Morgan fingerprint density at radius 1 is 1.13 bits per heavy atom. The maximum atomic E-state index is 12.6. The SMILES string of the molecule is CCOC(=O)[C@H]1C(=O)N2c3ccccc3Oc3ccccc3[C@H]12. The summed E-state index contributed by atoms with van der Waals surface area (Å²) in [5, 5.41) is 0. The fourth-order valence-corrected chi connectivity index (χ4v) is 3.22. The molecule has 1 fully saturated rings. The van der Waals surface area contributed by atoms with Crippen molar-refractivity contribution in [2.75, 3.05) is 11.5 Å². The Kier molecular flexibility index (Phi) is 3.08. The second-order valence-electron chi connectivity index (χ2n) is 5.49. The van der Waals surface area contributed by atoms with E-state index in [4.69, 9.17) is 9.47 Å². The maximum absolute atomic E-state index is 12.6. The molecule has 2 aliphatic heterocycles. The normalized spacial score (nSPS) is 21.1. The zero-order valence-electron chi connectivity index (χ0n) is 12.6. The number of anilines is 1. The van der Waals surface area contributed by atoms with Crippen molar-refractivity contribution in [1.29, 1.82) is 0 Å². The van der Waals surface area contributed by atoms with E-state index in [2.05, 4.69) is 0 Å². The summed E-state index contributed by atoms with van der Waals surface area (Å²) in [4.78, 5) is 26.4. The molecule has 2 aromatic carbocycles. The molecule has 0 N–H and O–H groups in total. The molecule has 0 radical (unpaired) electrons. The molecule has 23 heavy (non-hydrogen) atoms. The lowest BCUT2D eigenvalue weighted by Crippen LogP contribution is -2.58. The molecule has 0 unspecified atom stereocenters. The van der Waals surface area contributed by atoms with Gasteiger partial charge in [-0.2, -0.15) is 0 Å². The highest BCUT2D eigenvalue weighted by molar-refractivity contribution is 6.15. The molecule has 0 bridgehead atoms. The molecule has 1 saturated heterocycles. The van der Waals surface area contributed by atoms with Crippen molar-refractivity contribution in [2.45, 2.75) is 13.0 Å². The number of esters is 1. The molecule has 2 heterocycles. The van der Waals surface area contributed by atoms with Gasteiger partial charge in [0.2, 0.25) is 5.91 Å². The molecular weight excluding hydrogens is 294 g/mol. The quantitative estimate of drug-likeness (QED) is 0.486. The summed E-state index contributed by atoms with van der Waals surface area (Å²) in [6.45, 7) is 1.99. The van der Waals surface area contributed by atoms with Crippen LogP contribution >= 0.6 is 0 Å². The van der Waals surface area contributed by atoms with Crippen LogP contribution in [0.1, 0.15) is 18.5 Å². The lowest BCUT2D eigenvalue weighted by Gasteiger charge is -2.44. The number of para-hydroxylation sites is 3. The fraction of sp³-hybridized carbons (Fsp3) is 0.222. The topological polar surface area (TPSA) is 55.8 Å². The van der Waals surface area contributed by atoms with Crippen molar-refractivity contribution >= 4 is 17.6 Å². The van der Waals surface area contributed by atoms with E-state index in [-0.39, 0.29) is 18.6 Å². The van der Waals surface area contributed by atoms with Gasteiger partial charge in [0.1, 0.15) is 5.75 Å². The number of nitrogens with zero attached hydrogens (tertiary/aromatic N) is 1. The predicted molar refractivity (Wildman–Crippen MR) is 83.3 cm³/mol. The number of hydrogen-bond acceptors (Lipinski definition) is 4. The van der Waals surface area contributed by atoms with Crippen LogP contribution in [0.4, 0.5) is 5.69 Å². The van der Waals surface area contributed by atoms with Gasteiger partial charge in [0.05, 0.1) is 18.3 Å². The molecule has 0 aromatic heterocycles. The largest absolute Gasteiger partial charge is 0.465 e. The first kappa shape index (κ1) is 13.8. The molecule has 4 rings (SSSR count). The summed E-state index contributed by atoms with van der Waals surface area (Å²) < 4.78 is 11.1. The summed E-state index contributed by atoms with van der Waals surface area (Å²) >= 11 is 0. The van der Waals surface area contributed by atoms with Crippen molar-refractivity contribution in [3.05, 3.63) is 54.1 Å². The highest BCUT2D eigenvalue weighted by Gasteiger charge is 2.56. The van der Waals surface area contributed by atoms with Gasteiger partial charge < -0.3 is 9.47 Å². The minimum Gasteiger partial charge on any atom is -0.465 e. The number of rotatable bonds is 2. The molecule has 116 valence electrons. The van der Waals surface area contributed by atoms with Crippen molar-refractivity contribution in [1.82, 2.24) is 0 Å². The molecule has 1 amide bonds. The number of hydrogen-bond donors (Lipinski definition) is 0. The monoisotopic (exact) mass is 309 g/mol. The summed E-state index contributed by atoms with van der Waals surface area (Å²) in [5.41, 5.74) is 1.50. The van der Waals surface area contributed by atoms with Crippen LogP contribution in [0.3, 0.4) is 0 Å². The Morgan fingerprint density at radius 3 is 2.61 bits per heavy atom. The van der Waals surface area contributed by atoms with E-state index in [0.717, 1.165) is 5.56 Å². The third-order valence-corrected chi connectivity index (χ3v) is 4.22. The van der Waals surface area contributed by atoms with Gasteiger partial charge in [0.15, 0.2) is 11.7 Å². The first-order chi connectivity index (χ1) is 11.2. The van der Waals surface area contributed by atoms with E-state index in [9.17, 15) is 9.59 Å². The molecule has 2 aromatic rings. The van der Waals surface area contributed by atoms with Crippen LogP contribution in [0.2, 0.25) is 0 Å². The van der Waals surface area contributed by atoms with Gasteiger partial charge in [-0.05, 0) is 25.1 Å². The van der Waals surface area contributed by atoms with Crippen LogP contribution in [-0.2, 0) is 14.3 Å². The third kappa shape index (κ3) is 1.93. The maximum Gasteiger partial charge on any atom is 0.321 e. The Hall–Kier alpha value is -2.82. The second kappa shape index (κ2) is 5.12.